The fourth-order valence-electron chi connectivity index (χ4n) is 12.2. The van der Waals surface area contributed by atoms with Crippen molar-refractivity contribution in [2.75, 3.05) is 9.80 Å². The molecular weight excluding hydrogens is 937 g/mol. The average Bonchev–Trinajstić information content (AvgIpc) is 4.05. The van der Waals surface area contributed by atoms with Gasteiger partial charge in [-0.05, 0) is 117 Å². The maximum atomic E-state index is 15.6. The van der Waals surface area contributed by atoms with Crippen molar-refractivity contribution < 1.29 is 17.6 Å². The van der Waals surface area contributed by atoms with E-state index in [9.17, 15) is 0 Å². The van der Waals surface area contributed by atoms with E-state index in [1.165, 1.54) is 24.3 Å². The summed E-state index contributed by atoms with van der Waals surface area (Å²) in [5.41, 5.74) is 11.0. The van der Waals surface area contributed by atoms with E-state index in [0.717, 1.165) is 120 Å². The van der Waals surface area contributed by atoms with Gasteiger partial charge in [0.1, 0.15) is 23.3 Å². The molecule has 2 aliphatic carbocycles. The second kappa shape index (κ2) is 15.7. The Kier molecular flexibility index (Phi) is 9.35. The Hall–Kier alpha value is -8.04. The van der Waals surface area contributed by atoms with Crippen LogP contribution in [-0.4, -0.2) is 0 Å². The number of nitrogens with zero attached hydrogens (tertiary/aromatic N) is 2. The smallest absolute Gasteiger partial charge is 0.128 e. The minimum Gasteiger partial charge on any atom is -0.309 e. The number of hydrogen-bond donors (Lipinski definition) is 0. The van der Waals surface area contributed by atoms with E-state index in [0.29, 0.717) is 11.4 Å². The van der Waals surface area contributed by atoms with Crippen molar-refractivity contribution >= 4 is 97.1 Å². The van der Waals surface area contributed by atoms with Crippen molar-refractivity contribution in [2.24, 2.45) is 0 Å². The number of anilines is 6. The molecule has 12 aromatic rings. The van der Waals surface area contributed by atoms with Gasteiger partial charge in [0.25, 0.3) is 0 Å². The highest BCUT2D eigenvalue weighted by atomic mass is 32.1. The summed E-state index contributed by atoms with van der Waals surface area (Å²) in [7, 11) is 0. The second-order valence-corrected chi connectivity index (χ2v) is 21.5. The fourth-order valence-corrected chi connectivity index (χ4v) is 14.6. The Morgan fingerprint density at radius 1 is 0.333 bits per heavy atom. The second-order valence-electron chi connectivity index (χ2n) is 19.4. The Morgan fingerprint density at radius 3 is 1.14 bits per heavy atom. The van der Waals surface area contributed by atoms with Crippen LogP contribution in [0.4, 0.5) is 51.7 Å². The molecule has 10 aromatic carbocycles. The first-order valence-electron chi connectivity index (χ1n) is 23.9. The maximum absolute atomic E-state index is 15.6. The van der Waals surface area contributed by atoms with Crippen molar-refractivity contribution in [3.8, 4) is 11.1 Å². The summed E-state index contributed by atoms with van der Waals surface area (Å²) in [6, 6.07) is 66.4. The van der Waals surface area contributed by atoms with Crippen LogP contribution in [0.25, 0.3) is 51.5 Å². The fraction of sp³-hybridized carbons (Fsp3) is 0.0625. The van der Waals surface area contributed by atoms with Crippen LogP contribution < -0.4 is 9.80 Å². The molecule has 0 atom stereocenters. The van der Waals surface area contributed by atoms with Crippen LogP contribution in [0.15, 0.2) is 206 Å². The van der Waals surface area contributed by atoms with Gasteiger partial charge in [-0.3, -0.25) is 0 Å². The lowest BCUT2D eigenvalue weighted by Gasteiger charge is -2.47. The number of fused-ring (bicyclic) bond motifs is 15. The SMILES string of the molecule is CC1(C)c2ccccc2C2(c3cc(N(c4cc(F)cc(F)c4)c4cccc5c4sc4ccccc45)ccc3-c3ccc(N(c4cc(F)cc(F)c4)c4cccc5c4sc4ccccc45)cc32)c2ccccc21. The van der Waals surface area contributed by atoms with E-state index >= 15 is 17.6 Å². The lowest BCUT2D eigenvalue weighted by atomic mass is 9.55. The zero-order chi connectivity index (χ0) is 48.6. The molecule has 0 saturated heterocycles. The van der Waals surface area contributed by atoms with Gasteiger partial charge >= 0.3 is 0 Å². The molecule has 14 rings (SSSR count). The van der Waals surface area contributed by atoms with Gasteiger partial charge in [0, 0.05) is 59.9 Å². The summed E-state index contributed by atoms with van der Waals surface area (Å²) in [4.78, 5) is 3.98. The molecule has 0 unspecified atom stereocenters. The molecule has 2 aromatic heterocycles. The van der Waals surface area contributed by atoms with Crippen LogP contribution in [0.1, 0.15) is 47.2 Å². The predicted octanol–water partition coefficient (Wildman–Crippen LogP) is 18.9. The zero-order valence-electron chi connectivity index (χ0n) is 38.9. The maximum Gasteiger partial charge on any atom is 0.128 e. The zero-order valence-corrected chi connectivity index (χ0v) is 40.5. The molecule has 0 amide bonds. The lowest BCUT2D eigenvalue weighted by Crippen LogP contribution is -2.40. The van der Waals surface area contributed by atoms with Crippen molar-refractivity contribution in [3.05, 3.63) is 263 Å². The van der Waals surface area contributed by atoms with Crippen LogP contribution in [0.2, 0.25) is 0 Å². The Balaban J connectivity index is 1.07. The third kappa shape index (κ3) is 6.12. The molecule has 2 nitrogen and oxygen atoms in total. The van der Waals surface area contributed by atoms with Crippen LogP contribution in [0, 0.1) is 23.3 Å². The van der Waals surface area contributed by atoms with Crippen LogP contribution in [0.3, 0.4) is 0 Å². The van der Waals surface area contributed by atoms with Gasteiger partial charge in [-0.2, -0.15) is 0 Å². The van der Waals surface area contributed by atoms with E-state index in [4.69, 9.17) is 0 Å². The summed E-state index contributed by atoms with van der Waals surface area (Å²) in [5.74, 6) is -2.71. The molecule has 346 valence electrons. The molecule has 0 fully saturated rings. The molecule has 2 heterocycles. The highest BCUT2D eigenvalue weighted by Crippen LogP contribution is 2.64. The van der Waals surface area contributed by atoms with Gasteiger partial charge in [0.2, 0.25) is 0 Å². The third-order valence-corrected chi connectivity index (χ3v) is 17.5. The van der Waals surface area contributed by atoms with Crippen molar-refractivity contribution in [3.63, 3.8) is 0 Å². The first-order valence-corrected chi connectivity index (χ1v) is 25.5. The summed E-state index contributed by atoms with van der Waals surface area (Å²) in [5, 5.41) is 4.33. The molecule has 2 aliphatic rings. The number of rotatable bonds is 6. The van der Waals surface area contributed by atoms with Crippen LogP contribution >= 0.6 is 22.7 Å². The summed E-state index contributed by atoms with van der Waals surface area (Å²) in [6.45, 7) is 4.55. The van der Waals surface area contributed by atoms with Gasteiger partial charge < -0.3 is 9.80 Å². The van der Waals surface area contributed by atoms with E-state index in [1.807, 2.05) is 58.3 Å². The van der Waals surface area contributed by atoms with Crippen molar-refractivity contribution in [2.45, 2.75) is 24.7 Å². The number of thiophene rings is 2. The first-order chi connectivity index (χ1) is 35.1. The highest BCUT2D eigenvalue weighted by Gasteiger charge is 2.53. The van der Waals surface area contributed by atoms with Crippen molar-refractivity contribution in [1.82, 2.24) is 0 Å². The first kappa shape index (κ1) is 42.8. The van der Waals surface area contributed by atoms with E-state index in [1.54, 1.807) is 22.7 Å². The Labute approximate surface area is 420 Å². The van der Waals surface area contributed by atoms with Gasteiger partial charge in [0.05, 0.1) is 37.6 Å². The van der Waals surface area contributed by atoms with Gasteiger partial charge in [-0.15, -0.1) is 22.7 Å². The molecular formula is C64H40F4N2S2. The van der Waals surface area contributed by atoms with Crippen molar-refractivity contribution in [1.29, 1.82) is 0 Å². The van der Waals surface area contributed by atoms with E-state index < -0.39 is 34.1 Å². The number of halogens is 4. The minimum atomic E-state index is -0.940. The standard InChI is InChI=1S/C64H40F4N2S2/c1-63(2)51-17-5-7-19-53(51)64(54-20-8-6-18-52(54)63)55-35-41(69(43-31-37(65)29-38(66)32-43)57-21-11-15-49-47-13-3-9-23-59(47)71-61(49)57)25-27-45(55)46-28-26-42(36-56(46)64)70(44-33-39(67)30-40(68)34-44)58-22-12-16-50-48-14-4-10-24-60(48)72-62(50)58/h3-36H,1-2H3. The molecule has 0 N–H and O–H groups in total. The Morgan fingerprint density at radius 2 is 0.708 bits per heavy atom. The third-order valence-electron chi connectivity index (χ3n) is 15.1. The topological polar surface area (TPSA) is 6.48 Å². The van der Waals surface area contributed by atoms with Crippen LogP contribution in [-0.2, 0) is 10.8 Å². The lowest BCUT2D eigenvalue weighted by molar-refractivity contribution is 0.563. The molecule has 0 aliphatic heterocycles. The minimum absolute atomic E-state index is 0.350. The average molecular weight is 977 g/mol. The normalized spacial score (nSPS) is 13.9. The highest BCUT2D eigenvalue weighted by molar-refractivity contribution is 7.26. The quantitative estimate of drug-likeness (QED) is 0.153. The van der Waals surface area contributed by atoms with Gasteiger partial charge in [-0.25, -0.2) is 17.6 Å². The summed E-state index contributed by atoms with van der Waals surface area (Å²) >= 11 is 3.31. The van der Waals surface area contributed by atoms with E-state index in [2.05, 4.69) is 135 Å². The van der Waals surface area contributed by atoms with Gasteiger partial charge in [-0.1, -0.05) is 135 Å². The van der Waals surface area contributed by atoms with E-state index in [-0.39, 0.29) is 0 Å². The number of benzene rings is 10. The number of hydrogen-bond acceptors (Lipinski definition) is 4. The molecule has 72 heavy (non-hydrogen) atoms. The largest absolute Gasteiger partial charge is 0.309 e. The van der Waals surface area contributed by atoms with Gasteiger partial charge in [0.15, 0.2) is 0 Å². The van der Waals surface area contributed by atoms with Crippen LogP contribution in [0.5, 0.6) is 0 Å². The monoisotopic (exact) mass is 976 g/mol. The molecule has 0 saturated carbocycles. The molecule has 0 radical (unpaired) electrons. The molecule has 0 bridgehead atoms. The summed E-state index contributed by atoms with van der Waals surface area (Å²) in [6.07, 6.45) is 0. The Bertz CT molecular complexity index is 3930. The predicted molar refractivity (Wildman–Crippen MR) is 291 cm³/mol. The molecule has 8 heteroatoms. The summed E-state index contributed by atoms with van der Waals surface area (Å²) < 4.78 is 66.7. The molecule has 1 spiro atoms.